The molecule has 2 rings (SSSR count). The normalized spacial score (nSPS) is 27.1. The van der Waals surface area contributed by atoms with Gasteiger partial charge in [-0.15, -0.1) is 0 Å². The number of nitrogens with two attached hydrogens (primary N) is 1. The Morgan fingerprint density at radius 1 is 1.50 bits per heavy atom. The molecule has 0 radical (unpaired) electrons. The molecule has 1 aromatic carbocycles. The molecule has 1 aromatic rings. The SMILES string of the molecule is Nc1cccc(C2CC2CO)c1. The maximum atomic E-state index is 8.88. The Balaban J connectivity index is 2.14. The minimum absolute atomic E-state index is 0.305. The summed E-state index contributed by atoms with van der Waals surface area (Å²) in [4.78, 5) is 0. The topological polar surface area (TPSA) is 46.2 Å². The van der Waals surface area contributed by atoms with Crippen molar-refractivity contribution in [2.24, 2.45) is 5.92 Å². The lowest BCUT2D eigenvalue weighted by Crippen LogP contribution is -1.90. The second-order valence-electron chi connectivity index (χ2n) is 3.45. The molecule has 1 fully saturated rings. The number of hydrogen-bond donors (Lipinski definition) is 2. The minimum atomic E-state index is 0.305. The van der Waals surface area contributed by atoms with Gasteiger partial charge in [-0.1, -0.05) is 12.1 Å². The summed E-state index contributed by atoms with van der Waals surface area (Å²) in [5.41, 5.74) is 7.74. The predicted octanol–water partition coefficient (Wildman–Crippen LogP) is 1.36. The van der Waals surface area contributed by atoms with E-state index in [9.17, 15) is 0 Å². The van der Waals surface area contributed by atoms with Crippen molar-refractivity contribution in [3.63, 3.8) is 0 Å². The molecular formula is C10H13NO. The zero-order valence-electron chi connectivity index (χ0n) is 6.90. The average Bonchev–Trinajstić information content (AvgIpc) is 2.83. The van der Waals surface area contributed by atoms with Crippen LogP contribution < -0.4 is 5.73 Å². The summed E-state index contributed by atoms with van der Waals surface area (Å²) in [6.45, 7) is 0.305. The zero-order chi connectivity index (χ0) is 8.55. The average molecular weight is 163 g/mol. The highest BCUT2D eigenvalue weighted by molar-refractivity contribution is 5.43. The second-order valence-corrected chi connectivity index (χ2v) is 3.45. The summed E-state index contributed by atoms with van der Waals surface area (Å²) in [5.74, 6) is 1.03. The summed E-state index contributed by atoms with van der Waals surface area (Å²) in [6, 6.07) is 7.94. The molecule has 12 heavy (non-hydrogen) atoms. The molecule has 0 spiro atoms. The van der Waals surface area contributed by atoms with Gasteiger partial charge in [-0.05, 0) is 36.0 Å². The molecular weight excluding hydrogens is 150 g/mol. The van der Waals surface area contributed by atoms with Crippen molar-refractivity contribution < 1.29 is 5.11 Å². The van der Waals surface area contributed by atoms with Crippen molar-refractivity contribution in [2.75, 3.05) is 12.3 Å². The predicted molar refractivity (Wildman–Crippen MR) is 48.8 cm³/mol. The molecule has 0 aromatic heterocycles. The van der Waals surface area contributed by atoms with Crippen molar-refractivity contribution in [1.82, 2.24) is 0 Å². The van der Waals surface area contributed by atoms with Crippen LogP contribution in [0.15, 0.2) is 24.3 Å². The summed E-state index contributed by atoms with van der Waals surface area (Å²) < 4.78 is 0. The van der Waals surface area contributed by atoms with Crippen LogP contribution in [0.5, 0.6) is 0 Å². The van der Waals surface area contributed by atoms with E-state index in [-0.39, 0.29) is 0 Å². The first-order valence-corrected chi connectivity index (χ1v) is 4.27. The second kappa shape index (κ2) is 2.79. The molecule has 2 nitrogen and oxygen atoms in total. The fourth-order valence-electron chi connectivity index (χ4n) is 1.65. The van der Waals surface area contributed by atoms with Crippen molar-refractivity contribution >= 4 is 5.69 Å². The summed E-state index contributed by atoms with van der Waals surface area (Å²) in [7, 11) is 0. The summed E-state index contributed by atoms with van der Waals surface area (Å²) >= 11 is 0. The van der Waals surface area contributed by atoms with Crippen LogP contribution in [0.2, 0.25) is 0 Å². The first-order chi connectivity index (χ1) is 5.81. The fraction of sp³-hybridized carbons (Fsp3) is 0.400. The van der Waals surface area contributed by atoms with E-state index in [0.717, 1.165) is 12.1 Å². The van der Waals surface area contributed by atoms with Crippen LogP contribution >= 0.6 is 0 Å². The molecule has 64 valence electrons. The lowest BCUT2D eigenvalue weighted by atomic mass is 10.1. The molecule has 0 heterocycles. The van der Waals surface area contributed by atoms with Gasteiger partial charge in [0.25, 0.3) is 0 Å². The van der Waals surface area contributed by atoms with Gasteiger partial charge in [-0.25, -0.2) is 0 Å². The van der Waals surface area contributed by atoms with Gasteiger partial charge in [0.1, 0.15) is 0 Å². The smallest absolute Gasteiger partial charge is 0.0465 e. The van der Waals surface area contributed by atoms with E-state index < -0.39 is 0 Å². The van der Waals surface area contributed by atoms with Crippen molar-refractivity contribution in [2.45, 2.75) is 12.3 Å². The van der Waals surface area contributed by atoms with Crippen LogP contribution in [0.1, 0.15) is 17.9 Å². The monoisotopic (exact) mass is 163 g/mol. The highest BCUT2D eigenvalue weighted by Crippen LogP contribution is 2.47. The highest BCUT2D eigenvalue weighted by atomic mass is 16.3. The number of aliphatic hydroxyl groups excluding tert-OH is 1. The number of hydrogen-bond acceptors (Lipinski definition) is 2. The van der Waals surface area contributed by atoms with Crippen LogP contribution in [0, 0.1) is 5.92 Å². The van der Waals surface area contributed by atoms with Gasteiger partial charge in [-0.3, -0.25) is 0 Å². The molecule has 0 saturated heterocycles. The van der Waals surface area contributed by atoms with Crippen LogP contribution in [0.25, 0.3) is 0 Å². The van der Waals surface area contributed by atoms with E-state index in [0.29, 0.717) is 18.4 Å². The van der Waals surface area contributed by atoms with E-state index in [1.807, 2.05) is 18.2 Å². The number of benzene rings is 1. The van der Waals surface area contributed by atoms with Crippen molar-refractivity contribution in [3.8, 4) is 0 Å². The lowest BCUT2D eigenvalue weighted by Gasteiger charge is -1.99. The van der Waals surface area contributed by atoms with Crippen LogP contribution in [-0.2, 0) is 0 Å². The fourth-order valence-corrected chi connectivity index (χ4v) is 1.65. The van der Waals surface area contributed by atoms with Crippen LogP contribution in [-0.4, -0.2) is 11.7 Å². The lowest BCUT2D eigenvalue weighted by molar-refractivity contribution is 0.274. The minimum Gasteiger partial charge on any atom is -0.399 e. The molecule has 3 N–H and O–H groups in total. The highest BCUT2D eigenvalue weighted by Gasteiger charge is 2.37. The Bertz CT molecular complexity index is 285. The summed E-state index contributed by atoms with van der Waals surface area (Å²) in [5, 5.41) is 8.88. The Labute approximate surface area is 72.0 Å². The third-order valence-electron chi connectivity index (χ3n) is 2.50. The van der Waals surface area contributed by atoms with Crippen LogP contribution in [0.3, 0.4) is 0 Å². The largest absolute Gasteiger partial charge is 0.399 e. The van der Waals surface area contributed by atoms with Gasteiger partial charge in [0.15, 0.2) is 0 Å². The molecule has 2 heteroatoms. The number of anilines is 1. The standard InChI is InChI=1S/C10H13NO/c11-9-3-1-2-7(4-9)10-5-8(10)6-12/h1-4,8,10,12H,5-6,11H2. The van der Waals surface area contributed by atoms with Gasteiger partial charge < -0.3 is 10.8 Å². The van der Waals surface area contributed by atoms with Gasteiger partial charge in [0.05, 0.1) is 0 Å². The molecule has 1 aliphatic carbocycles. The van der Waals surface area contributed by atoms with E-state index in [2.05, 4.69) is 6.07 Å². The third-order valence-corrected chi connectivity index (χ3v) is 2.50. The van der Waals surface area contributed by atoms with Crippen molar-refractivity contribution in [3.05, 3.63) is 29.8 Å². The maximum absolute atomic E-state index is 8.88. The number of nitrogen functional groups attached to an aromatic ring is 1. The molecule has 1 aliphatic rings. The van der Waals surface area contributed by atoms with E-state index in [1.165, 1.54) is 5.56 Å². The van der Waals surface area contributed by atoms with Gasteiger partial charge >= 0.3 is 0 Å². The number of aliphatic hydroxyl groups is 1. The first-order valence-electron chi connectivity index (χ1n) is 4.27. The molecule has 0 bridgehead atoms. The first kappa shape index (κ1) is 7.62. The number of rotatable bonds is 2. The Morgan fingerprint density at radius 3 is 2.92 bits per heavy atom. The zero-order valence-corrected chi connectivity index (χ0v) is 6.90. The van der Waals surface area contributed by atoms with Gasteiger partial charge in [0, 0.05) is 12.3 Å². The van der Waals surface area contributed by atoms with Crippen molar-refractivity contribution in [1.29, 1.82) is 0 Å². The Hall–Kier alpha value is -1.02. The van der Waals surface area contributed by atoms with Crippen LogP contribution in [0.4, 0.5) is 5.69 Å². The Morgan fingerprint density at radius 2 is 2.33 bits per heavy atom. The van der Waals surface area contributed by atoms with Gasteiger partial charge in [-0.2, -0.15) is 0 Å². The van der Waals surface area contributed by atoms with E-state index >= 15 is 0 Å². The van der Waals surface area contributed by atoms with Gasteiger partial charge in [0.2, 0.25) is 0 Å². The molecule has 1 saturated carbocycles. The maximum Gasteiger partial charge on any atom is 0.0465 e. The van der Waals surface area contributed by atoms with E-state index in [4.69, 9.17) is 10.8 Å². The molecule has 2 atom stereocenters. The third kappa shape index (κ3) is 1.30. The quantitative estimate of drug-likeness (QED) is 0.647. The molecule has 0 amide bonds. The summed E-state index contributed by atoms with van der Waals surface area (Å²) in [6.07, 6.45) is 1.11. The van der Waals surface area contributed by atoms with E-state index in [1.54, 1.807) is 0 Å². The molecule has 0 aliphatic heterocycles. The molecule has 2 unspecified atom stereocenters. The Kier molecular flexibility index (Phi) is 1.77.